The van der Waals surface area contributed by atoms with Gasteiger partial charge in [-0.3, -0.25) is 0 Å². The van der Waals surface area contributed by atoms with E-state index in [1.807, 2.05) is 0 Å². The van der Waals surface area contributed by atoms with Gasteiger partial charge in [0.05, 0.1) is 0 Å². The molecule has 1 aliphatic heterocycles. The number of likely N-dealkylation sites (tertiary alicyclic amines) is 1. The molecule has 1 atom stereocenters. The van der Waals surface area contributed by atoms with E-state index in [1.165, 1.54) is 37.2 Å². The molecule has 1 aliphatic rings. The zero-order chi connectivity index (χ0) is 12.3. The molecule has 0 aromatic heterocycles. The maximum atomic E-state index is 3.58. The van der Waals surface area contributed by atoms with E-state index >= 15 is 0 Å². The van der Waals surface area contributed by atoms with Crippen LogP contribution in [0, 0.1) is 12.8 Å². The molecule has 2 nitrogen and oxygen atoms in total. The van der Waals surface area contributed by atoms with Crippen LogP contribution in [0.3, 0.4) is 0 Å². The second-order valence-electron chi connectivity index (χ2n) is 5.11. The number of anilines is 1. The Labute approximate surface area is 113 Å². The number of nitrogens with one attached hydrogen (secondary N) is 1. The minimum absolute atomic E-state index is 0.789. The maximum absolute atomic E-state index is 3.58. The van der Waals surface area contributed by atoms with Gasteiger partial charge in [-0.05, 0) is 63.0 Å². The monoisotopic (exact) mass is 296 g/mol. The van der Waals surface area contributed by atoms with Crippen LogP contribution in [0.2, 0.25) is 0 Å². The summed E-state index contributed by atoms with van der Waals surface area (Å²) >= 11 is 3.50. The van der Waals surface area contributed by atoms with Gasteiger partial charge in [0.15, 0.2) is 0 Å². The summed E-state index contributed by atoms with van der Waals surface area (Å²) < 4.78 is 1.15. The zero-order valence-electron chi connectivity index (χ0n) is 10.7. The molecule has 1 heterocycles. The molecule has 0 saturated carbocycles. The van der Waals surface area contributed by atoms with E-state index in [0.717, 1.165) is 16.9 Å². The SMILES string of the molecule is Cc1cc(Br)ccc1NCC1CCCN(C)C1. The van der Waals surface area contributed by atoms with Gasteiger partial charge in [0.1, 0.15) is 0 Å². The Balaban J connectivity index is 1.88. The predicted molar refractivity (Wildman–Crippen MR) is 77.6 cm³/mol. The van der Waals surface area contributed by atoms with Crippen LogP contribution in [0.25, 0.3) is 0 Å². The van der Waals surface area contributed by atoms with E-state index < -0.39 is 0 Å². The fourth-order valence-corrected chi connectivity index (χ4v) is 3.00. The number of halogens is 1. The van der Waals surface area contributed by atoms with Crippen LogP contribution in [0.5, 0.6) is 0 Å². The number of nitrogens with zero attached hydrogens (tertiary/aromatic N) is 1. The minimum atomic E-state index is 0.789. The molecule has 1 fully saturated rings. The Kier molecular flexibility index (Phi) is 4.46. The minimum Gasteiger partial charge on any atom is -0.385 e. The highest BCUT2D eigenvalue weighted by molar-refractivity contribution is 9.10. The molecule has 1 aromatic rings. The second kappa shape index (κ2) is 5.87. The molecule has 3 heteroatoms. The van der Waals surface area contributed by atoms with Crippen LogP contribution in [0.4, 0.5) is 5.69 Å². The molecular formula is C14H21BrN2. The largest absolute Gasteiger partial charge is 0.385 e. The number of hydrogen-bond donors (Lipinski definition) is 1. The Bertz CT molecular complexity index is 378. The van der Waals surface area contributed by atoms with E-state index in [0.29, 0.717) is 0 Å². The highest BCUT2D eigenvalue weighted by atomic mass is 79.9. The molecule has 0 bridgehead atoms. The topological polar surface area (TPSA) is 15.3 Å². The molecule has 0 radical (unpaired) electrons. The Morgan fingerprint density at radius 1 is 1.47 bits per heavy atom. The van der Waals surface area contributed by atoms with Crippen molar-refractivity contribution < 1.29 is 0 Å². The molecule has 1 aromatic carbocycles. The molecule has 2 rings (SSSR count). The van der Waals surface area contributed by atoms with Crippen molar-refractivity contribution in [3.8, 4) is 0 Å². The quantitative estimate of drug-likeness (QED) is 0.918. The van der Waals surface area contributed by atoms with E-state index in [1.54, 1.807) is 0 Å². The summed E-state index contributed by atoms with van der Waals surface area (Å²) in [5.74, 6) is 0.789. The lowest BCUT2D eigenvalue weighted by Gasteiger charge is -2.30. The van der Waals surface area contributed by atoms with Crippen molar-refractivity contribution in [1.29, 1.82) is 0 Å². The summed E-state index contributed by atoms with van der Waals surface area (Å²) in [5.41, 5.74) is 2.57. The number of benzene rings is 1. The molecule has 0 spiro atoms. The van der Waals surface area contributed by atoms with Gasteiger partial charge in [0, 0.05) is 23.2 Å². The summed E-state index contributed by atoms with van der Waals surface area (Å²) in [4.78, 5) is 2.43. The van der Waals surface area contributed by atoms with E-state index in [9.17, 15) is 0 Å². The van der Waals surface area contributed by atoms with Gasteiger partial charge < -0.3 is 10.2 Å². The summed E-state index contributed by atoms with van der Waals surface area (Å²) in [6, 6.07) is 6.42. The molecule has 17 heavy (non-hydrogen) atoms. The molecular weight excluding hydrogens is 276 g/mol. The van der Waals surface area contributed by atoms with E-state index in [4.69, 9.17) is 0 Å². The van der Waals surface area contributed by atoms with Crippen LogP contribution < -0.4 is 5.32 Å². The van der Waals surface area contributed by atoms with Crippen molar-refractivity contribution in [2.75, 3.05) is 32.0 Å². The van der Waals surface area contributed by atoms with Gasteiger partial charge in [-0.1, -0.05) is 15.9 Å². The second-order valence-corrected chi connectivity index (χ2v) is 6.03. The fourth-order valence-electron chi connectivity index (χ4n) is 2.52. The van der Waals surface area contributed by atoms with Gasteiger partial charge in [0.25, 0.3) is 0 Å². The van der Waals surface area contributed by atoms with Gasteiger partial charge in [0.2, 0.25) is 0 Å². The van der Waals surface area contributed by atoms with Gasteiger partial charge in [-0.25, -0.2) is 0 Å². The summed E-state index contributed by atoms with van der Waals surface area (Å²) in [7, 11) is 2.22. The summed E-state index contributed by atoms with van der Waals surface area (Å²) in [5, 5.41) is 3.58. The third kappa shape index (κ3) is 3.71. The van der Waals surface area contributed by atoms with Gasteiger partial charge >= 0.3 is 0 Å². The maximum Gasteiger partial charge on any atom is 0.0370 e. The van der Waals surface area contributed by atoms with Crippen molar-refractivity contribution >= 4 is 21.6 Å². The van der Waals surface area contributed by atoms with Crippen molar-refractivity contribution in [3.63, 3.8) is 0 Å². The van der Waals surface area contributed by atoms with Crippen LogP contribution in [-0.4, -0.2) is 31.6 Å². The van der Waals surface area contributed by atoms with Crippen molar-refractivity contribution in [3.05, 3.63) is 28.2 Å². The van der Waals surface area contributed by atoms with Crippen LogP contribution in [0.1, 0.15) is 18.4 Å². The van der Waals surface area contributed by atoms with Crippen LogP contribution >= 0.6 is 15.9 Å². The lowest BCUT2D eigenvalue weighted by Crippen LogP contribution is -2.35. The van der Waals surface area contributed by atoms with E-state index in [-0.39, 0.29) is 0 Å². The first kappa shape index (κ1) is 12.9. The molecule has 0 aliphatic carbocycles. The lowest BCUT2D eigenvalue weighted by molar-refractivity contribution is 0.217. The van der Waals surface area contributed by atoms with Crippen LogP contribution in [-0.2, 0) is 0 Å². The normalized spacial score (nSPS) is 21.5. The third-order valence-electron chi connectivity index (χ3n) is 3.49. The summed E-state index contributed by atoms with van der Waals surface area (Å²) in [6.07, 6.45) is 2.69. The summed E-state index contributed by atoms with van der Waals surface area (Å²) in [6.45, 7) is 5.73. The molecule has 1 N–H and O–H groups in total. The molecule has 1 saturated heterocycles. The number of piperidine rings is 1. The van der Waals surface area contributed by atoms with Gasteiger partial charge in [-0.15, -0.1) is 0 Å². The van der Waals surface area contributed by atoms with Crippen molar-refractivity contribution in [2.45, 2.75) is 19.8 Å². The number of hydrogen-bond acceptors (Lipinski definition) is 2. The zero-order valence-corrected chi connectivity index (χ0v) is 12.3. The fraction of sp³-hybridized carbons (Fsp3) is 0.571. The standard InChI is InChI=1S/C14H21BrN2/c1-11-8-13(15)5-6-14(11)16-9-12-4-3-7-17(2)10-12/h5-6,8,12,16H,3-4,7,9-10H2,1-2H3. The average Bonchev–Trinajstić information content (AvgIpc) is 2.28. The number of aryl methyl sites for hydroxylation is 1. The predicted octanol–water partition coefficient (Wildman–Crippen LogP) is 3.51. The highest BCUT2D eigenvalue weighted by Crippen LogP contribution is 2.21. The first-order valence-electron chi connectivity index (χ1n) is 6.33. The Hall–Kier alpha value is -0.540. The average molecular weight is 297 g/mol. The van der Waals surface area contributed by atoms with Crippen molar-refractivity contribution in [2.24, 2.45) is 5.92 Å². The van der Waals surface area contributed by atoms with Gasteiger partial charge in [-0.2, -0.15) is 0 Å². The Morgan fingerprint density at radius 3 is 3.00 bits per heavy atom. The van der Waals surface area contributed by atoms with Crippen LogP contribution in [0.15, 0.2) is 22.7 Å². The molecule has 94 valence electrons. The number of rotatable bonds is 3. The molecule has 1 unspecified atom stereocenters. The third-order valence-corrected chi connectivity index (χ3v) is 3.98. The van der Waals surface area contributed by atoms with Crippen molar-refractivity contribution in [1.82, 2.24) is 4.90 Å². The smallest absolute Gasteiger partial charge is 0.0370 e. The van der Waals surface area contributed by atoms with E-state index in [2.05, 4.69) is 58.3 Å². The lowest BCUT2D eigenvalue weighted by atomic mass is 9.98. The first-order chi connectivity index (χ1) is 8.15. The highest BCUT2D eigenvalue weighted by Gasteiger charge is 2.16. The molecule has 0 amide bonds. The Morgan fingerprint density at radius 2 is 2.29 bits per heavy atom. The first-order valence-corrected chi connectivity index (χ1v) is 7.13.